The summed E-state index contributed by atoms with van der Waals surface area (Å²) in [5.41, 5.74) is 0.399. The number of carbonyl (C=O) groups excluding carboxylic acids is 2. The van der Waals surface area contributed by atoms with E-state index in [1.54, 1.807) is 37.3 Å². The molecule has 0 amide bonds. The summed E-state index contributed by atoms with van der Waals surface area (Å²) in [5, 5.41) is 0. The molecule has 1 atom stereocenters. The van der Waals surface area contributed by atoms with Crippen LogP contribution in [0.4, 0.5) is 0 Å². The van der Waals surface area contributed by atoms with E-state index in [0.717, 1.165) is 0 Å². The molecule has 0 saturated heterocycles. The Hall–Kier alpha value is -2.10. The van der Waals surface area contributed by atoms with Crippen LogP contribution in [-0.4, -0.2) is 24.6 Å². The molecule has 4 nitrogen and oxygen atoms in total. The highest BCUT2D eigenvalue weighted by Gasteiger charge is 2.23. The van der Waals surface area contributed by atoms with Crippen LogP contribution in [0.2, 0.25) is 0 Å². The average Bonchev–Trinajstić information content (AvgIpc) is 2.39. The number of esters is 2. The monoisotopic (exact) mass is 248 g/mol. The Morgan fingerprint density at radius 3 is 2.56 bits per heavy atom. The zero-order chi connectivity index (χ0) is 13.4. The highest BCUT2D eigenvalue weighted by atomic mass is 16.6. The van der Waals surface area contributed by atoms with Crippen molar-refractivity contribution in [1.82, 2.24) is 0 Å². The van der Waals surface area contributed by atoms with Gasteiger partial charge in [-0.1, -0.05) is 24.3 Å². The summed E-state index contributed by atoms with van der Waals surface area (Å²) < 4.78 is 9.94. The zero-order valence-electron chi connectivity index (χ0n) is 10.3. The number of benzene rings is 1. The van der Waals surface area contributed by atoms with E-state index in [-0.39, 0.29) is 13.0 Å². The van der Waals surface area contributed by atoms with Gasteiger partial charge in [-0.2, -0.15) is 0 Å². The second-order valence-electron chi connectivity index (χ2n) is 3.54. The first-order valence-electron chi connectivity index (χ1n) is 5.72. The summed E-state index contributed by atoms with van der Waals surface area (Å²) >= 11 is 0. The van der Waals surface area contributed by atoms with Gasteiger partial charge in [0.1, 0.15) is 0 Å². The van der Waals surface area contributed by atoms with E-state index in [1.165, 1.54) is 6.08 Å². The fourth-order valence-corrected chi connectivity index (χ4v) is 1.35. The second-order valence-corrected chi connectivity index (χ2v) is 3.54. The average molecular weight is 248 g/mol. The van der Waals surface area contributed by atoms with Gasteiger partial charge in [-0.25, -0.2) is 9.59 Å². The Morgan fingerprint density at radius 1 is 1.33 bits per heavy atom. The highest BCUT2D eigenvalue weighted by molar-refractivity contribution is 5.91. The van der Waals surface area contributed by atoms with Crippen molar-refractivity contribution < 1.29 is 19.1 Å². The maximum atomic E-state index is 11.8. The first-order valence-corrected chi connectivity index (χ1v) is 5.72. The van der Waals surface area contributed by atoms with Gasteiger partial charge in [0.15, 0.2) is 0 Å². The van der Waals surface area contributed by atoms with Gasteiger partial charge in [0.25, 0.3) is 0 Å². The minimum atomic E-state index is -0.935. The van der Waals surface area contributed by atoms with Crippen molar-refractivity contribution in [3.63, 3.8) is 0 Å². The van der Waals surface area contributed by atoms with Crippen molar-refractivity contribution in [2.75, 3.05) is 6.61 Å². The minimum Gasteiger partial charge on any atom is -0.463 e. The van der Waals surface area contributed by atoms with Crippen molar-refractivity contribution in [1.29, 1.82) is 0 Å². The lowest BCUT2D eigenvalue weighted by atomic mass is 10.2. The van der Waals surface area contributed by atoms with Crippen LogP contribution < -0.4 is 0 Å². The van der Waals surface area contributed by atoms with Gasteiger partial charge < -0.3 is 9.47 Å². The normalized spacial score (nSPS) is 11.4. The Kier molecular flexibility index (Phi) is 5.64. The summed E-state index contributed by atoms with van der Waals surface area (Å²) in [6, 6.07) is 8.49. The molecule has 1 unspecified atom stereocenters. The summed E-state index contributed by atoms with van der Waals surface area (Å²) in [6.45, 7) is 5.47. The number of carbonyl (C=O) groups is 2. The van der Waals surface area contributed by atoms with Crippen LogP contribution in [0.15, 0.2) is 43.0 Å². The number of hydrogen-bond acceptors (Lipinski definition) is 4. The first-order chi connectivity index (χ1) is 8.69. The molecular weight excluding hydrogens is 232 g/mol. The molecule has 1 rings (SSSR count). The van der Waals surface area contributed by atoms with Gasteiger partial charge in [-0.3, -0.25) is 0 Å². The van der Waals surface area contributed by atoms with Gasteiger partial charge in [-0.15, -0.1) is 6.58 Å². The summed E-state index contributed by atoms with van der Waals surface area (Å²) in [7, 11) is 0. The van der Waals surface area contributed by atoms with Crippen molar-refractivity contribution >= 4 is 11.9 Å². The fraction of sp³-hybridized carbons (Fsp3) is 0.286. The maximum absolute atomic E-state index is 11.8. The van der Waals surface area contributed by atoms with E-state index in [9.17, 15) is 9.59 Å². The Labute approximate surface area is 106 Å². The molecule has 1 aromatic rings. The largest absolute Gasteiger partial charge is 0.463 e. The molecule has 0 radical (unpaired) electrons. The van der Waals surface area contributed by atoms with Gasteiger partial charge >= 0.3 is 11.9 Å². The van der Waals surface area contributed by atoms with Crippen LogP contribution in [0.1, 0.15) is 23.7 Å². The Balaban J connectivity index is 2.69. The van der Waals surface area contributed by atoms with E-state index in [4.69, 9.17) is 9.47 Å². The molecule has 0 aliphatic carbocycles. The van der Waals surface area contributed by atoms with Crippen LogP contribution in [0.25, 0.3) is 0 Å². The fourth-order valence-electron chi connectivity index (χ4n) is 1.35. The minimum absolute atomic E-state index is 0.234. The standard InChI is InChI=1S/C14H16O4/c1-3-8-12(14(16)17-4-2)18-13(15)11-9-6-5-7-10-11/h3,5-7,9-10,12H,1,4,8H2,2H3. The van der Waals surface area contributed by atoms with Crippen molar-refractivity contribution in [2.24, 2.45) is 0 Å². The molecule has 0 saturated carbocycles. The molecule has 18 heavy (non-hydrogen) atoms. The van der Waals surface area contributed by atoms with Crippen molar-refractivity contribution in [3.8, 4) is 0 Å². The zero-order valence-corrected chi connectivity index (χ0v) is 10.3. The molecular formula is C14H16O4. The molecule has 0 fully saturated rings. The molecule has 0 heterocycles. The summed E-state index contributed by atoms with van der Waals surface area (Å²) in [4.78, 5) is 23.3. The molecule has 0 N–H and O–H groups in total. The van der Waals surface area contributed by atoms with Crippen LogP contribution in [0.5, 0.6) is 0 Å². The Bertz CT molecular complexity index is 411. The topological polar surface area (TPSA) is 52.6 Å². The lowest BCUT2D eigenvalue weighted by molar-refractivity contribution is -0.153. The van der Waals surface area contributed by atoms with Crippen LogP contribution in [0, 0.1) is 0 Å². The maximum Gasteiger partial charge on any atom is 0.347 e. The van der Waals surface area contributed by atoms with Crippen LogP contribution in [-0.2, 0) is 14.3 Å². The smallest absolute Gasteiger partial charge is 0.347 e. The number of ether oxygens (including phenoxy) is 2. The SMILES string of the molecule is C=CCC(OC(=O)c1ccccc1)C(=O)OCC. The number of hydrogen-bond donors (Lipinski definition) is 0. The lowest BCUT2D eigenvalue weighted by Gasteiger charge is -2.14. The van der Waals surface area contributed by atoms with Gasteiger partial charge in [0.2, 0.25) is 6.10 Å². The molecule has 96 valence electrons. The van der Waals surface area contributed by atoms with Gasteiger partial charge in [-0.05, 0) is 19.1 Å². The van der Waals surface area contributed by atoms with E-state index in [0.29, 0.717) is 5.56 Å². The molecule has 4 heteroatoms. The van der Waals surface area contributed by atoms with Gasteiger partial charge in [0, 0.05) is 6.42 Å². The third kappa shape index (κ3) is 4.05. The van der Waals surface area contributed by atoms with Crippen LogP contribution >= 0.6 is 0 Å². The quantitative estimate of drug-likeness (QED) is 0.573. The molecule has 0 bridgehead atoms. The van der Waals surface area contributed by atoms with Crippen molar-refractivity contribution in [2.45, 2.75) is 19.4 Å². The molecule has 0 aliphatic heterocycles. The van der Waals surface area contributed by atoms with E-state index < -0.39 is 18.0 Å². The summed E-state index contributed by atoms with van der Waals surface area (Å²) in [5.74, 6) is -1.10. The van der Waals surface area contributed by atoms with Crippen LogP contribution in [0.3, 0.4) is 0 Å². The number of rotatable bonds is 6. The van der Waals surface area contributed by atoms with E-state index in [1.807, 2.05) is 0 Å². The molecule has 0 aromatic heterocycles. The molecule has 0 spiro atoms. The third-order valence-corrected chi connectivity index (χ3v) is 2.19. The predicted octanol–water partition coefficient (Wildman–Crippen LogP) is 2.35. The Morgan fingerprint density at radius 2 is 2.00 bits per heavy atom. The third-order valence-electron chi connectivity index (χ3n) is 2.19. The molecule has 0 aliphatic rings. The van der Waals surface area contributed by atoms with E-state index >= 15 is 0 Å². The lowest BCUT2D eigenvalue weighted by Crippen LogP contribution is -2.28. The summed E-state index contributed by atoms with van der Waals surface area (Å²) in [6.07, 6.45) is 0.812. The second kappa shape index (κ2) is 7.27. The van der Waals surface area contributed by atoms with Gasteiger partial charge in [0.05, 0.1) is 12.2 Å². The highest BCUT2D eigenvalue weighted by Crippen LogP contribution is 2.08. The molecule has 1 aromatic carbocycles. The first kappa shape index (κ1) is 14.0. The van der Waals surface area contributed by atoms with Crippen molar-refractivity contribution in [3.05, 3.63) is 48.6 Å². The predicted molar refractivity (Wildman–Crippen MR) is 67.1 cm³/mol. The van der Waals surface area contributed by atoms with E-state index in [2.05, 4.69) is 6.58 Å².